The number of likely N-dealkylation sites (N-methyl/N-ethyl adjacent to an activating group) is 1. The average molecular weight is 442 g/mol. The summed E-state index contributed by atoms with van der Waals surface area (Å²) >= 11 is 24.5. The first-order valence-electron chi connectivity index (χ1n) is 8.57. The van der Waals surface area contributed by atoms with E-state index >= 15 is 0 Å². The Morgan fingerprint density at radius 1 is 0.852 bits per heavy atom. The minimum Gasteiger partial charge on any atom is -0.327 e. The van der Waals surface area contributed by atoms with Crippen molar-refractivity contribution in [3.8, 4) is 0 Å². The van der Waals surface area contributed by atoms with Crippen molar-refractivity contribution >= 4 is 64.3 Å². The maximum absolute atomic E-state index is 13.1. The fraction of sp³-hybridized carbons (Fsp3) is 0.190. The van der Waals surface area contributed by atoms with Crippen LogP contribution in [0.25, 0.3) is 12.2 Å². The van der Waals surface area contributed by atoms with Gasteiger partial charge in [-0.3, -0.25) is 4.79 Å². The lowest BCUT2D eigenvalue weighted by molar-refractivity contribution is -0.889. The number of hydrogen-bond donors (Lipinski definition) is 1. The Morgan fingerprint density at radius 2 is 1.30 bits per heavy atom. The number of halogens is 4. The number of quaternary nitrogens is 1. The molecule has 0 aliphatic carbocycles. The largest absolute Gasteiger partial charge is 0.327 e. The first kappa shape index (κ1) is 20.4. The molecule has 0 saturated carbocycles. The number of carbonyl (C=O) groups is 1. The summed E-state index contributed by atoms with van der Waals surface area (Å²) in [5.41, 5.74) is 3.01. The second-order valence-corrected chi connectivity index (χ2v) is 8.14. The summed E-state index contributed by atoms with van der Waals surface area (Å²) in [4.78, 5) is 14.4. The van der Waals surface area contributed by atoms with E-state index in [-0.39, 0.29) is 5.78 Å². The standard InChI is InChI=1S/C21H17Cl4NO/c1-2-26-11-15(7-13-3-5-17(22)9-19(13)24)21(27)16(12-26)8-14-4-6-18(23)10-20(14)25/h3-10H,2,11-12H2,1H3/p+1/b15-7-,16-8+. The molecule has 1 fully saturated rings. The van der Waals surface area contributed by atoms with Gasteiger partial charge in [0.05, 0.1) is 17.7 Å². The Hall–Kier alpha value is -1.29. The highest BCUT2D eigenvalue weighted by molar-refractivity contribution is 6.36. The number of likely N-dealkylation sites (tertiary alicyclic amines) is 1. The third kappa shape index (κ3) is 4.96. The van der Waals surface area contributed by atoms with Crippen LogP contribution in [0.1, 0.15) is 18.1 Å². The molecule has 2 nitrogen and oxygen atoms in total. The van der Waals surface area contributed by atoms with Crippen LogP contribution in [0.5, 0.6) is 0 Å². The molecule has 0 spiro atoms. The Bertz CT molecular complexity index is 876. The molecule has 6 heteroatoms. The van der Waals surface area contributed by atoms with Gasteiger partial charge in [0.2, 0.25) is 0 Å². The highest BCUT2D eigenvalue weighted by atomic mass is 35.5. The van der Waals surface area contributed by atoms with Gasteiger partial charge in [0.15, 0.2) is 5.78 Å². The first-order valence-corrected chi connectivity index (χ1v) is 10.1. The Morgan fingerprint density at radius 3 is 1.67 bits per heavy atom. The van der Waals surface area contributed by atoms with E-state index in [0.29, 0.717) is 33.2 Å². The molecule has 0 bridgehead atoms. The first-order chi connectivity index (χ1) is 12.9. The van der Waals surface area contributed by atoms with Gasteiger partial charge >= 0.3 is 0 Å². The van der Waals surface area contributed by atoms with E-state index in [4.69, 9.17) is 46.4 Å². The van der Waals surface area contributed by atoms with Crippen molar-refractivity contribution in [2.45, 2.75) is 6.92 Å². The molecule has 3 rings (SSSR count). The van der Waals surface area contributed by atoms with Crippen molar-refractivity contribution in [3.05, 3.63) is 78.8 Å². The Kier molecular flexibility index (Phi) is 6.67. The molecular weight excluding hydrogens is 424 g/mol. The van der Waals surface area contributed by atoms with Crippen molar-refractivity contribution in [1.29, 1.82) is 0 Å². The summed E-state index contributed by atoms with van der Waals surface area (Å²) in [5.74, 6) is 0.0178. The van der Waals surface area contributed by atoms with Crippen LogP contribution in [0.15, 0.2) is 47.5 Å². The quantitative estimate of drug-likeness (QED) is 0.645. The molecule has 0 amide bonds. The van der Waals surface area contributed by atoms with Crippen LogP contribution < -0.4 is 4.90 Å². The van der Waals surface area contributed by atoms with Gasteiger partial charge in [-0.1, -0.05) is 58.5 Å². The number of benzene rings is 2. The summed E-state index contributed by atoms with van der Waals surface area (Å²) in [6.45, 7) is 4.32. The number of ketones is 1. The van der Waals surface area contributed by atoms with Gasteiger partial charge in [-0.25, -0.2) is 0 Å². The molecule has 1 atom stereocenters. The summed E-state index contributed by atoms with van der Waals surface area (Å²) in [6, 6.07) is 10.5. The fourth-order valence-electron chi connectivity index (χ4n) is 3.06. The minimum atomic E-state index is 0.0178. The van der Waals surface area contributed by atoms with E-state index < -0.39 is 0 Å². The van der Waals surface area contributed by atoms with Crippen LogP contribution in [0.3, 0.4) is 0 Å². The van der Waals surface area contributed by atoms with Gasteiger partial charge in [0.25, 0.3) is 0 Å². The molecule has 27 heavy (non-hydrogen) atoms. The highest BCUT2D eigenvalue weighted by Gasteiger charge is 2.28. The molecule has 1 saturated heterocycles. The molecule has 0 radical (unpaired) electrons. The number of hydrogen-bond acceptors (Lipinski definition) is 1. The number of nitrogens with one attached hydrogen (secondary N) is 1. The third-order valence-corrected chi connectivity index (χ3v) is 5.67. The van der Waals surface area contributed by atoms with E-state index in [1.54, 1.807) is 24.3 Å². The summed E-state index contributed by atoms with van der Waals surface area (Å²) < 4.78 is 0. The molecule has 1 N–H and O–H groups in total. The predicted molar refractivity (Wildman–Crippen MR) is 115 cm³/mol. The van der Waals surface area contributed by atoms with Gasteiger partial charge < -0.3 is 4.90 Å². The maximum Gasteiger partial charge on any atom is 0.196 e. The van der Waals surface area contributed by atoms with Gasteiger partial charge in [0.1, 0.15) is 13.1 Å². The number of rotatable bonds is 3. The lowest BCUT2D eigenvalue weighted by Crippen LogP contribution is -3.13. The minimum absolute atomic E-state index is 0.0178. The molecule has 0 aromatic heterocycles. The van der Waals surface area contributed by atoms with E-state index in [0.717, 1.165) is 28.8 Å². The Balaban J connectivity index is 2.00. The van der Waals surface area contributed by atoms with Crippen LogP contribution in [0.2, 0.25) is 20.1 Å². The average Bonchev–Trinajstić information content (AvgIpc) is 2.62. The summed E-state index contributed by atoms with van der Waals surface area (Å²) in [5, 5.41) is 2.18. The third-order valence-electron chi connectivity index (χ3n) is 4.55. The molecule has 1 aliphatic heterocycles. The monoisotopic (exact) mass is 440 g/mol. The highest BCUT2D eigenvalue weighted by Crippen LogP contribution is 2.26. The van der Waals surface area contributed by atoms with Gasteiger partial charge in [-0.2, -0.15) is 0 Å². The molecule has 2 aromatic carbocycles. The van der Waals surface area contributed by atoms with E-state index in [1.165, 1.54) is 4.90 Å². The zero-order chi connectivity index (χ0) is 19.6. The zero-order valence-electron chi connectivity index (χ0n) is 14.7. The van der Waals surface area contributed by atoms with E-state index in [9.17, 15) is 4.79 Å². The van der Waals surface area contributed by atoms with Crippen molar-refractivity contribution < 1.29 is 9.69 Å². The van der Waals surface area contributed by atoms with Crippen molar-refractivity contribution in [2.75, 3.05) is 19.6 Å². The predicted octanol–water partition coefficient (Wildman–Crippen LogP) is 5.25. The summed E-state index contributed by atoms with van der Waals surface area (Å²) in [6.07, 6.45) is 3.71. The van der Waals surface area contributed by atoms with Crippen LogP contribution >= 0.6 is 46.4 Å². The van der Waals surface area contributed by atoms with Crippen LogP contribution in [0.4, 0.5) is 0 Å². The second kappa shape index (κ2) is 8.81. The smallest absolute Gasteiger partial charge is 0.196 e. The number of carbonyl (C=O) groups excluding carboxylic acids is 1. The van der Waals surface area contributed by atoms with Crippen LogP contribution in [0, 0.1) is 0 Å². The number of piperidine rings is 1. The fourth-order valence-corrected chi connectivity index (χ4v) is 3.99. The van der Waals surface area contributed by atoms with Crippen LogP contribution in [-0.2, 0) is 4.79 Å². The molecule has 140 valence electrons. The maximum atomic E-state index is 13.1. The van der Waals surface area contributed by atoms with E-state index in [1.807, 2.05) is 24.3 Å². The topological polar surface area (TPSA) is 21.5 Å². The molecule has 1 aliphatic rings. The molecule has 1 unspecified atom stereocenters. The molecule has 2 aromatic rings. The van der Waals surface area contributed by atoms with Crippen molar-refractivity contribution in [2.24, 2.45) is 0 Å². The van der Waals surface area contributed by atoms with E-state index in [2.05, 4.69) is 6.92 Å². The van der Waals surface area contributed by atoms with Crippen molar-refractivity contribution in [1.82, 2.24) is 0 Å². The molecule has 1 heterocycles. The van der Waals surface area contributed by atoms with Gasteiger partial charge in [0, 0.05) is 20.1 Å². The number of Topliss-reactive ketones (excluding diaryl/α,β-unsaturated/α-hetero) is 1. The summed E-state index contributed by atoms with van der Waals surface area (Å²) in [7, 11) is 0. The van der Waals surface area contributed by atoms with Gasteiger partial charge in [-0.05, 0) is 54.5 Å². The second-order valence-electron chi connectivity index (χ2n) is 6.46. The zero-order valence-corrected chi connectivity index (χ0v) is 17.7. The van der Waals surface area contributed by atoms with Gasteiger partial charge in [-0.15, -0.1) is 0 Å². The SMILES string of the molecule is CC[NH+]1C/C(=C/c2ccc(Cl)cc2Cl)C(=O)/C(=C/c2ccc(Cl)cc2Cl)C1. The lowest BCUT2D eigenvalue weighted by Gasteiger charge is -2.26. The molecular formula is C21H18Cl4NO+. The Labute approximate surface area is 179 Å². The van der Waals surface area contributed by atoms with Crippen molar-refractivity contribution in [3.63, 3.8) is 0 Å². The normalized spacial score (nSPS) is 20.5. The van der Waals surface area contributed by atoms with Crippen LogP contribution in [-0.4, -0.2) is 25.4 Å². The lowest BCUT2D eigenvalue weighted by atomic mass is 9.94.